The summed E-state index contributed by atoms with van der Waals surface area (Å²) in [6.45, 7) is 1.47. The molecule has 0 saturated carbocycles. The molecule has 0 spiro atoms. The summed E-state index contributed by atoms with van der Waals surface area (Å²) in [6.07, 6.45) is 1.82. The summed E-state index contributed by atoms with van der Waals surface area (Å²) in [7, 11) is 0. The quantitative estimate of drug-likeness (QED) is 0.463. The first-order chi connectivity index (χ1) is 16.0. The Balaban J connectivity index is 1.62. The van der Waals surface area contributed by atoms with Gasteiger partial charge < -0.3 is 15.4 Å². The Bertz CT molecular complexity index is 1360. The number of aromatic amines is 1. The lowest BCUT2D eigenvalue weighted by Gasteiger charge is -2.31. The van der Waals surface area contributed by atoms with Crippen molar-refractivity contribution in [1.82, 2.24) is 19.5 Å². The van der Waals surface area contributed by atoms with E-state index in [1.807, 2.05) is 23.1 Å². The van der Waals surface area contributed by atoms with Gasteiger partial charge in [-0.2, -0.15) is 9.97 Å². The number of aromatic nitrogens is 4. The average molecular weight is 469 g/mol. The highest BCUT2D eigenvalue weighted by atomic mass is 35.5. The van der Waals surface area contributed by atoms with Gasteiger partial charge in [0.05, 0.1) is 6.54 Å². The summed E-state index contributed by atoms with van der Waals surface area (Å²) >= 11 is 6.33. The van der Waals surface area contributed by atoms with Gasteiger partial charge in [-0.3, -0.25) is 14.3 Å². The molecular formula is C23H22ClFN6O2. The summed E-state index contributed by atoms with van der Waals surface area (Å²) in [5, 5.41) is 0.396. The standard InChI is InChI=1S/C23H22ClFN6O2/c24-18-9-8-15(25)11-14(18)12-31-19-20(28-23(31)30-10-4-5-16(26)13-30)27-22(29-21(19)32)33-17-6-2-1-3-7-17/h1-3,6-9,11,16H,4-5,10,12-13,26H2,(H,27,29,32)/t16-/m1/s1. The molecule has 8 nitrogen and oxygen atoms in total. The second-order valence-electron chi connectivity index (χ2n) is 8.04. The Labute approximate surface area is 193 Å². The highest BCUT2D eigenvalue weighted by Crippen LogP contribution is 2.27. The van der Waals surface area contributed by atoms with E-state index in [4.69, 9.17) is 22.1 Å². The number of fused-ring (bicyclic) bond motifs is 1. The van der Waals surface area contributed by atoms with E-state index in [9.17, 15) is 9.18 Å². The number of halogens is 2. The zero-order chi connectivity index (χ0) is 22.9. The van der Waals surface area contributed by atoms with Crippen molar-refractivity contribution in [3.63, 3.8) is 0 Å². The largest absolute Gasteiger partial charge is 0.426 e. The molecule has 3 N–H and O–H groups in total. The Morgan fingerprint density at radius 1 is 1.21 bits per heavy atom. The lowest BCUT2D eigenvalue weighted by atomic mass is 10.1. The summed E-state index contributed by atoms with van der Waals surface area (Å²) in [6, 6.07) is 13.2. The van der Waals surface area contributed by atoms with Crippen molar-refractivity contribution in [3.8, 4) is 11.8 Å². The average Bonchev–Trinajstić information content (AvgIpc) is 3.15. The molecule has 4 aromatic rings. The number of nitrogens with zero attached hydrogens (tertiary/aromatic N) is 4. The number of hydrogen-bond donors (Lipinski definition) is 2. The fourth-order valence-electron chi connectivity index (χ4n) is 4.08. The minimum atomic E-state index is -0.418. The number of nitrogens with one attached hydrogen (secondary N) is 1. The van der Waals surface area contributed by atoms with Crippen LogP contribution in [0.3, 0.4) is 0 Å². The van der Waals surface area contributed by atoms with Crippen LogP contribution in [-0.4, -0.2) is 38.7 Å². The van der Waals surface area contributed by atoms with Crippen LogP contribution >= 0.6 is 11.6 Å². The van der Waals surface area contributed by atoms with Gasteiger partial charge in [0, 0.05) is 24.2 Å². The monoisotopic (exact) mass is 468 g/mol. The molecule has 5 rings (SSSR count). The number of nitrogens with two attached hydrogens (primary N) is 1. The maximum absolute atomic E-state index is 13.9. The number of hydrogen-bond acceptors (Lipinski definition) is 6. The number of H-pyrrole nitrogens is 1. The van der Waals surface area contributed by atoms with E-state index in [0.717, 1.165) is 19.4 Å². The van der Waals surface area contributed by atoms with Gasteiger partial charge in [0.25, 0.3) is 5.56 Å². The lowest BCUT2D eigenvalue weighted by molar-refractivity contribution is 0.442. The molecule has 0 unspecified atom stereocenters. The molecule has 1 aliphatic rings. The predicted molar refractivity (Wildman–Crippen MR) is 125 cm³/mol. The van der Waals surface area contributed by atoms with Crippen LogP contribution in [0.15, 0.2) is 53.3 Å². The molecule has 0 radical (unpaired) electrons. The summed E-state index contributed by atoms with van der Waals surface area (Å²) < 4.78 is 21.4. The predicted octanol–water partition coefficient (Wildman–Crippen LogP) is 3.68. The van der Waals surface area contributed by atoms with Crippen molar-refractivity contribution in [3.05, 3.63) is 75.3 Å². The van der Waals surface area contributed by atoms with Crippen LogP contribution in [0.25, 0.3) is 11.2 Å². The van der Waals surface area contributed by atoms with E-state index in [1.54, 1.807) is 16.7 Å². The van der Waals surface area contributed by atoms with E-state index in [2.05, 4.69) is 15.0 Å². The van der Waals surface area contributed by atoms with Crippen molar-refractivity contribution >= 4 is 28.7 Å². The van der Waals surface area contributed by atoms with E-state index in [0.29, 0.717) is 28.8 Å². The second kappa shape index (κ2) is 8.84. The molecule has 2 aromatic heterocycles. The highest BCUT2D eigenvalue weighted by Gasteiger charge is 2.25. The first kappa shape index (κ1) is 21.4. The van der Waals surface area contributed by atoms with Crippen LogP contribution in [0, 0.1) is 5.82 Å². The molecule has 1 aliphatic heterocycles. The first-order valence-electron chi connectivity index (χ1n) is 10.7. The topological polar surface area (TPSA) is 102 Å². The number of para-hydroxylation sites is 1. The van der Waals surface area contributed by atoms with Crippen molar-refractivity contribution < 1.29 is 9.13 Å². The normalized spacial score (nSPS) is 16.3. The van der Waals surface area contributed by atoms with Crippen LogP contribution in [0.5, 0.6) is 11.8 Å². The molecule has 1 atom stereocenters. The van der Waals surface area contributed by atoms with Gasteiger partial charge in [0.15, 0.2) is 11.2 Å². The maximum Gasteiger partial charge on any atom is 0.304 e. The van der Waals surface area contributed by atoms with Gasteiger partial charge in [-0.1, -0.05) is 29.8 Å². The van der Waals surface area contributed by atoms with E-state index in [-0.39, 0.29) is 29.8 Å². The zero-order valence-corrected chi connectivity index (χ0v) is 18.4. The van der Waals surface area contributed by atoms with Crippen LogP contribution in [0.4, 0.5) is 10.3 Å². The van der Waals surface area contributed by atoms with Crippen molar-refractivity contribution in [1.29, 1.82) is 0 Å². The third-order valence-electron chi connectivity index (χ3n) is 5.61. The molecule has 3 heterocycles. The SMILES string of the molecule is N[C@@H]1CCCN(c2nc3nc(Oc4ccccc4)[nH]c(=O)c3n2Cc2cc(F)ccc2Cl)C1. The number of piperidine rings is 1. The third-order valence-corrected chi connectivity index (χ3v) is 5.98. The molecule has 33 heavy (non-hydrogen) atoms. The Morgan fingerprint density at radius 3 is 2.82 bits per heavy atom. The number of ether oxygens (including phenoxy) is 1. The maximum atomic E-state index is 13.9. The van der Waals surface area contributed by atoms with E-state index < -0.39 is 11.4 Å². The first-order valence-corrected chi connectivity index (χ1v) is 11.0. The lowest BCUT2D eigenvalue weighted by Crippen LogP contribution is -2.44. The molecule has 2 aromatic carbocycles. The van der Waals surface area contributed by atoms with E-state index >= 15 is 0 Å². The van der Waals surface area contributed by atoms with Gasteiger partial charge in [-0.05, 0) is 48.7 Å². The summed E-state index contributed by atoms with van der Waals surface area (Å²) in [4.78, 5) is 26.9. The van der Waals surface area contributed by atoms with Crippen molar-refractivity contribution in [2.24, 2.45) is 5.73 Å². The fraction of sp³-hybridized carbons (Fsp3) is 0.261. The molecule has 170 valence electrons. The molecule has 0 amide bonds. The van der Waals surface area contributed by atoms with Crippen LogP contribution < -0.4 is 20.9 Å². The van der Waals surface area contributed by atoms with Gasteiger partial charge in [0.1, 0.15) is 11.6 Å². The smallest absolute Gasteiger partial charge is 0.304 e. The minimum absolute atomic E-state index is 0.00649. The number of rotatable bonds is 5. The van der Waals surface area contributed by atoms with Gasteiger partial charge in [-0.25, -0.2) is 4.39 Å². The van der Waals surface area contributed by atoms with Crippen LogP contribution in [0.2, 0.25) is 5.02 Å². The Kier molecular flexibility index (Phi) is 5.74. The molecule has 0 aliphatic carbocycles. The van der Waals surface area contributed by atoms with Crippen LogP contribution in [0.1, 0.15) is 18.4 Å². The molecule has 0 bridgehead atoms. The number of benzene rings is 2. The Hall–Kier alpha value is -3.43. The minimum Gasteiger partial charge on any atom is -0.426 e. The summed E-state index contributed by atoms with van der Waals surface area (Å²) in [5.74, 6) is 0.662. The van der Waals surface area contributed by atoms with Crippen molar-refractivity contribution in [2.45, 2.75) is 25.4 Å². The highest BCUT2D eigenvalue weighted by molar-refractivity contribution is 6.31. The second-order valence-corrected chi connectivity index (χ2v) is 8.45. The number of anilines is 1. The van der Waals surface area contributed by atoms with E-state index in [1.165, 1.54) is 18.2 Å². The zero-order valence-electron chi connectivity index (χ0n) is 17.7. The Morgan fingerprint density at radius 2 is 2.03 bits per heavy atom. The molecule has 10 heteroatoms. The fourth-order valence-corrected chi connectivity index (χ4v) is 4.25. The van der Waals surface area contributed by atoms with Gasteiger partial charge >= 0.3 is 6.01 Å². The van der Waals surface area contributed by atoms with Crippen LogP contribution in [-0.2, 0) is 6.54 Å². The molecule has 1 fully saturated rings. The molecular weight excluding hydrogens is 447 g/mol. The van der Waals surface area contributed by atoms with Gasteiger partial charge in [0.2, 0.25) is 5.95 Å². The van der Waals surface area contributed by atoms with Gasteiger partial charge in [-0.15, -0.1) is 0 Å². The van der Waals surface area contributed by atoms with Crippen molar-refractivity contribution in [2.75, 3.05) is 18.0 Å². The third kappa shape index (κ3) is 4.42. The number of imidazole rings is 1. The molecule has 1 saturated heterocycles. The summed E-state index contributed by atoms with van der Waals surface area (Å²) in [5.41, 5.74) is 6.79.